The van der Waals surface area contributed by atoms with E-state index in [4.69, 9.17) is 0 Å². The summed E-state index contributed by atoms with van der Waals surface area (Å²) in [4.78, 5) is 8.17. The molecule has 0 spiro atoms. The van der Waals surface area contributed by atoms with E-state index in [0.29, 0.717) is 0 Å². The molecule has 78 valence electrons. The van der Waals surface area contributed by atoms with E-state index < -0.39 is 0 Å². The van der Waals surface area contributed by atoms with Crippen molar-refractivity contribution in [2.45, 2.75) is 0 Å². The Labute approximate surface area is 100 Å². The van der Waals surface area contributed by atoms with Crippen LogP contribution in [0.2, 0.25) is 0 Å². The van der Waals surface area contributed by atoms with Crippen LogP contribution in [0.3, 0.4) is 0 Å². The van der Waals surface area contributed by atoms with Crippen LogP contribution >= 0.6 is 15.9 Å². The summed E-state index contributed by atoms with van der Waals surface area (Å²) in [5.74, 6) is 0. The molecule has 0 fully saturated rings. The summed E-state index contributed by atoms with van der Waals surface area (Å²) in [6, 6.07) is 7.94. The average Bonchev–Trinajstić information content (AvgIpc) is 2.79. The number of halogens is 1. The van der Waals surface area contributed by atoms with Crippen molar-refractivity contribution in [1.82, 2.24) is 19.6 Å². The van der Waals surface area contributed by atoms with Crippen LogP contribution < -0.4 is 0 Å². The normalized spacial score (nSPS) is 10.8. The van der Waals surface area contributed by atoms with Crippen LogP contribution in [0.15, 0.2) is 47.6 Å². The number of hydrogen-bond donors (Lipinski definition) is 0. The third kappa shape index (κ3) is 1.49. The standard InChI is InChI=1S/C11H7BrN4/c12-10-5-9(8-1-3-13-4-2-8)6-11-14-7-15-16(10)11/h1-7H. The van der Waals surface area contributed by atoms with E-state index in [0.717, 1.165) is 21.4 Å². The van der Waals surface area contributed by atoms with Crippen LogP contribution in [0.5, 0.6) is 0 Å². The van der Waals surface area contributed by atoms with Gasteiger partial charge in [0.05, 0.1) is 0 Å². The van der Waals surface area contributed by atoms with E-state index in [1.807, 2.05) is 24.3 Å². The molecule has 0 amide bonds. The van der Waals surface area contributed by atoms with Crippen LogP contribution in [0.25, 0.3) is 16.8 Å². The molecule has 0 aliphatic heterocycles. The molecule has 0 aromatic carbocycles. The highest BCUT2D eigenvalue weighted by molar-refractivity contribution is 9.10. The quantitative estimate of drug-likeness (QED) is 0.641. The lowest BCUT2D eigenvalue weighted by molar-refractivity contribution is 0.936. The lowest BCUT2D eigenvalue weighted by atomic mass is 10.1. The van der Waals surface area contributed by atoms with Gasteiger partial charge in [-0.05, 0) is 51.3 Å². The summed E-state index contributed by atoms with van der Waals surface area (Å²) in [6.07, 6.45) is 5.09. The second-order valence-corrected chi connectivity index (χ2v) is 4.15. The maximum atomic E-state index is 4.17. The van der Waals surface area contributed by atoms with E-state index in [9.17, 15) is 0 Å². The van der Waals surface area contributed by atoms with Crippen molar-refractivity contribution in [2.24, 2.45) is 0 Å². The Hall–Kier alpha value is -1.75. The van der Waals surface area contributed by atoms with Crippen LogP contribution in [0, 0.1) is 0 Å². The molecule has 4 nitrogen and oxygen atoms in total. The van der Waals surface area contributed by atoms with Gasteiger partial charge in [-0.25, -0.2) is 9.50 Å². The van der Waals surface area contributed by atoms with E-state index in [2.05, 4.69) is 31.0 Å². The predicted octanol–water partition coefficient (Wildman–Crippen LogP) is 2.55. The molecule has 0 atom stereocenters. The monoisotopic (exact) mass is 274 g/mol. The molecule has 0 radical (unpaired) electrons. The SMILES string of the molecule is Brc1cc(-c2ccncc2)cc2ncnn12. The summed E-state index contributed by atoms with van der Waals surface area (Å²) in [6.45, 7) is 0. The van der Waals surface area contributed by atoms with Gasteiger partial charge in [-0.3, -0.25) is 4.98 Å². The van der Waals surface area contributed by atoms with Gasteiger partial charge in [-0.2, -0.15) is 5.10 Å². The Morgan fingerprint density at radius 1 is 1.06 bits per heavy atom. The Morgan fingerprint density at radius 3 is 2.69 bits per heavy atom. The van der Waals surface area contributed by atoms with Gasteiger partial charge in [0.25, 0.3) is 0 Å². The van der Waals surface area contributed by atoms with Gasteiger partial charge in [0.15, 0.2) is 5.65 Å². The van der Waals surface area contributed by atoms with Crippen molar-refractivity contribution in [1.29, 1.82) is 0 Å². The van der Waals surface area contributed by atoms with E-state index in [-0.39, 0.29) is 0 Å². The lowest BCUT2D eigenvalue weighted by Crippen LogP contribution is -1.90. The zero-order chi connectivity index (χ0) is 11.0. The molecule has 0 aliphatic carbocycles. The summed E-state index contributed by atoms with van der Waals surface area (Å²) < 4.78 is 2.62. The zero-order valence-electron chi connectivity index (χ0n) is 8.21. The largest absolute Gasteiger partial charge is 0.265 e. The van der Waals surface area contributed by atoms with E-state index in [1.54, 1.807) is 16.9 Å². The number of aromatic nitrogens is 4. The smallest absolute Gasteiger partial charge is 0.157 e. The average molecular weight is 275 g/mol. The Kier molecular flexibility index (Phi) is 2.18. The Morgan fingerprint density at radius 2 is 1.88 bits per heavy atom. The fraction of sp³-hybridized carbons (Fsp3) is 0. The van der Waals surface area contributed by atoms with Crippen LogP contribution in [0.1, 0.15) is 0 Å². The van der Waals surface area contributed by atoms with Gasteiger partial charge >= 0.3 is 0 Å². The molecule has 0 aliphatic rings. The molecular weight excluding hydrogens is 268 g/mol. The van der Waals surface area contributed by atoms with E-state index >= 15 is 0 Å². The lowest BCUT2D eigenvalue weighted by Gasteiger charge is -2.03. The molecular formula is C11H7BrN4. The van der Waals surface area contributed by atoms with Crippen molar-refractivity contribution in [2.75, 3.05) is 0 Å². The Balaban J connectivity index is 2.25. The fourth-order valence-corrected chi connectivity index (χ4v) is 2.11. The minimum absolute atomic E-state index is 0.821. The summed E-state index contributed by atoms with van der Waals surface area (Å²) in [5.41, 5.74) is 3.03. The third-order valence-corrected chi connectivity index (χ3v) is 2.91. The maximum Gasteiger partial charge on any atom is 0.157 e. The molecule has 5 heteroatoms. The predicted molar refractivity (Wildman–Crippen MR) is 63.9 cm³/mol. The number of pyridine rings is 2. The molecule has 0 bridgehead atoms. The topological polar surface area (TPSA) is 43.1 Å². The van der Waals surface area contributed by atoms with Crippen LogP contribution in [-0.2, 0) is 0 Å². The van der Waals surface area contributed by atoms with Gasteiger partial charge in [0.1, 0.15) is 10.9 Å². The molecule has 0 saturated heterocycles. The fourth-order valence-electron chi connectivity index (χ4n) is 1.59. The minimum atomic E-state index is 0.821. The van der Waals surface area contributed by atoms with Crippen LogP contribution in [0.4, 0.5) is 0 Å². The molecule has 3 heterocycles. The van der Waals surface area contributed by atoms with Gasteiger partial charge in [0.2, 0.25) is 0 Å². The number of rotatable bonds is 1. The number of fused-ring (bicyclic) bond motifs is 1. The first kappa shape index (κ1) is 9.47. The Bertz CT molecular complexity index is 633. The molecule has 0 N–H and O–H groups in total. The molecule has 16 heavy (non-hydrogen) atoms. The number of nitrogens with zero attached hydrogens (tertiary/aromatic N) is 4. The van der Waals surface area contributed by atoms with Gasteiger partial charge in [-0.1, -0.05) is 0 Å². The second-order valence-electron chi connectivity index (χ2n) is 3.33. The highest BCUT2D eigenvalue weighted by Crippen LogP contribution is 2.23. The van der Waals surface area contributed by atoms with Gasteiger partial charge in [0, 0.05) is 12.4 Å². The highest BCUT2D eigenvalue weighted by Gasteiger charge is 2.04. The number of hydrogen-bond acceptors (Lipinski definition) is 3. The molecule has 3 rings (SSSR count). The highest BCUT2D eigenvalue weighted by atomic mass is 79.9. The maximum absolute atomic E-state index is 4.17. The molecule has 0 unspecified atom stereocenters. The first-order chi connectivity index (χ1) is 7.84. The van der Waals surface area contributed by atoms with Crippen molar-refractivity contribution in [3.63, 3.8) is 0 Å². The first-order valence-electron chi connectivity index (χ1n) is 4.74. The molecule has 0 saturated carbocycles. The molecule has 3 aromatic heterocycles. The minimum Gasteiger partial charge on any atom is -0.265 e. The van der Waals surface area contributed by atoms with Crippen LogP contribution in [-0.4, -0.2) is 19.6 Å². The molecule has 3 aromatic rings. The van der Waals surface area contributed by atoms with Crippen molar-refractivity contribution < 1.29 is 0 Å². The second kappa shape index (κ2) is 3.68. The first-order valence-corrected chi connectivity index (χ1v) is 5.53. The third-order valence-electron chi connectivity index (χ3n) is 2.35. The van der Waals surface area contributed by atoms with Crippen molar-refractivity contribution in [3.05, 3.63) is 47.6 Å². The summed E-state index contributed by atoms with van der Waals surface area (Å²) >= 11 is 3.47. The van der Waals surface area contributed by atoms with Crippen molar-refractivity contribution >= 4 is 21.6 Å². The summed E-state index contributed by atoms with van der Waals surface area (Å²) in [5, 5.41) is 4.10. The van der Waals surface area contributed by atoms with Gasteiger partial charge < -0.3 is 0 Å². The summed E-state index contributed by atoms with van der Waals surface area (Å²) in [7, 11) is 0. The van der Waals surface area contributed by atoms with E-state index in [1.165, 1.54) is 6.33 Å². The zero-order valence-corrected chi connectivity index (χ0v) is 9.79. The van der Waals surface area contributed by atoms with Gasteiger partial charge in [-0.15, -0.1) is 0 Å². The van der Waals surface area contributed by atoms with Crippen molar-refractivity contribution in [3.8, 4) is 11.1 Å².